The predicted octanol–water partition coefficient (Wildman–Crippen LogP) is 4.26. The van der Waals surface area contributed by atoms with Crippen molar-refractivity contribution in [2.45, 2.75) is 19.1 Å². The maximum atomic E-state index is 13.6. The summed E-state index contributed by atoms with van der Waals surface area (Å²) in [7, 11) is 1.61. The molecule has 0 radical (unpaired) electrons. The van der Waals surface area contributed by atoms with Crippen LogP contribution in [0.3, 0.4) is 0 Å². The Balaban J connectivity index is 1.50. The van der Waals surface area contributed by atoms with Gasteiger partial charge < -0.3 is 18.9 Å². The highest BCUT2D eigenvalue weighted by Crippen LogP contribution is 2.25. The number of halogens is 1. The summed E-state index contributed by atoms with van der Waals surface area (Å²) in [6, 6.07) is 17.0. The van der Waals surface area contributed by atoms with Gasteiger partial charge in [-0.05, 0) is 42.0 Å². The van der Waals surface area contributed by atoms with Gasteiger partial charge in [-0.1, -0.05) is 29.4 Å². The highest BCUT2D eigenvalue weighted by molar-refractivity contribution is 6.03. The van der Waals surface area contributed by atoms with Crippen LogP contribution >= 0.6 is 0 Å². The number of ether oxygens (including phenoxy) is 1. The maximum Gasteiger partial charge on any atom is 0.289 e. The monoisotopic (exact) mass is 408 g/mol. The van der Waals surface area contributed by atoms with Crippen molar-refractivity contribution >= 4 is 11.6 Å². The number of hydrogen-bond acceptors (Lipinski definition) is 5. The average Bonchev–Trinajstić information content (AvgIpc) is 3.45. The number of furan rings is 1. The SMILES string of the molecule is COc1ccccc1C1=NO[C@@H](CN(Cc2cccc(F)c2)C(=O)c2ccco2)C1. The number of carbonyl (C=O) groups excluding carboxylic acids is 1. The smallest absolute Gasteiger partial charge is 0.289 e. The minimum atomic E-state index is -0.350. The molecule has 7 heteroatoms. The van der Waals surface area contributed by atoms with E-state index in [4.69, 9.17) is 14.0 Å². The molecule has 0 aliphatic carbocycles. The Kier molecular flexibility index (Phi) is 5.79. The third-order valence-electron chi connectivity index (χ3n) is 4.86. The number of hydrogen-bond donors (Lipinski definition) is 0. The molecule has 0 N–H and O–H groups in total. The fraction of sp³-hybridized carbons (Fsp3) is 0.217. The fourth-order valence-corrected chi connectivity index (χ4v) is 3.45. The molecule has 1 atom stereocenters. The third kappa shape index (κ3) is 4.35. The van der Waals surface area contributed by atoms with Crippen LogP contribution in [0.25, 0.3) is 0 Å². The Bertz CT molecular complexity index is 1050. The Morgan fingerprint density at radius 3 is 2.83 bits per heavy atom. The Labute approximate surface area is 173 Å². The molecule has 0 saturated heterocycles. The number of benzene rings is 2. The van der Waals surface area contributed by atoms with Gasteiger partial charge in [0.05, 0.1) is 25.6 Å². The van der Waals surface area contributed by atoms with Crippen molar-refractivity contribution in [3.63, 3.8) is 0 Å². The zero-order valence-corrected chi connectivity index (χ0v) is 16.5. The summed E-state index contributed by atoms with van der Waals surface area (Å²) in [6.45, 7) is 0.499. The zero-order valence-electron chi connectivity index (χ0n) is 16.5. The van der Waals surface area contributed by atoms with E-state index in [1.807, 2.05) is 24.3 Å². The van der Waals surface area contributed by atoms with Crippen LogP contribution in [-0.2, 0) is 11.4 Å². The number of rotatable bonds is 7. The van der Waals surface area contributed by atoms with Crippen LogP contribution in [0.1, 0.15) is 28.1 Å². The zero-order chi connectivity index (χ0) is 20.9. The minimum absolute atomic E-state index is 0.218. The first-order valence-corrected chi connectivity index (χ1v) is 9.57. The molecule has 1 aliphatic rings. The van der Waals surface area contributed by atoms with Crippen molar-refractivity contribution in [1.29, 1.82) is 0 Å². The molecule has 1 amide bonds. The summed E-state index contributed by atoms with van der Waals surface area (Å²) in [5, 5.41) is 4.21. The Morgan fingerprint density at radius 2 is 2.07 bits per heavy atom. The van der Waals surface area contributed by atoms with Crippen molar-refractivity contribution in [3.05, 3.63) is 89.6 Å². The first-order chi connectivity index (χ1) is 14.6. The van der Waals surface area contributed by atoms with Crippen molar-refractivity contribution in [3.8, 4) is 5.75 Å². The van der Waals surface area contributed by atoms with Crippen LogP contribution in [0.4, 0.5) is 4.39 Å². The lowest BCUT2D eigenvalue weighted by molar-refractivity contribution is 0.0387. The molecular formula is C23H21FN2O4. The lowest BCUT2D eigenvalue weighted by atomic mass is 10.0. The Morgan fingerprint density at radius 1 is 1.20 bits per heavy atom. The second kappa shape index (κ2) is 8.82. The van der Waals surface area contributed by atoms with E-state index in [1.54, 1.807) is 36.3 Å². The predicted molar refractivity (Wildman–Crippen MR) is 109 cm³/mol. The molecule has 4 rings (SSSR count). The standard InChI is InChI=1S/C23H21FN2O4/c1-28-21-9-3-2-8-19(21)20-13-18(30-25-20)15-26(23(27)22-10-5-11-29-22)14-16-6-4-7-17(24)12-16/h2-12,18H,13-15H2,1H3/t18-/m1/s1. The van der Waals surface area contributed by atoms with Gasteiger partial charge in [0.25, 0.3) is 5.91 Å². The number of carbonyl (C=O) groups is 1. The molecule has 2 heterocycles. The molecule has 0 bridgehead atoms. The average molecular weight is 408 g/mol. The number of para-hydroxylation sites is 1. The number of oxime groups is 1. The summed E-state index contributed by atoms with van der Waals surface area (Å²) in [5.74, 6) is 0.287. The van der Waals surface area contributed by atoms with Crippen LogP contribution in [0.2, 0.25) is 0 Å². The van der Waals surface area contributed by atoms with Gasteiger partial charge in [0, 0.05) is 18.5 Å². The third-order valence-corrected chi connectivity index (χ3v) is 4.86. The number of methoxy groups -OCH3 is 1. The highest BCUT2D eigenvalue weighted by Gasteiger charge is 2.29. The summed E-state index contributed by atoms with van der Waals surface area (Å²) in [5.41, 5.74) is 2.30. The number of nitrogens with zero attached hydrogens (tertiary/aromatic N) is 2. The summed E-state index contributed by atoms with van der Waals surface area (Å²) in [6.07, 6.45) is 1.63. The van der Waals surface area contributed by atoms with Crippen LogP contribution in [0.15, 0.2) is 76.5 Å². The van der Waals surface area contributed by atoms with Gasteiger partial charge in [-0.3, -0.25) is 4.79 Å². The van der Waals surface area contributed by atoms with Crippen molar-refractivity contribution in [2.75, 3.05) is 13.7 Å². The topological polar surface area (TPSA) is 64.3 Å². The Hall–Kier alpha value is -3.61. The summed E-state index contributed by atoms with van der Waals surface area (Å²) < 4.78 is 24.3. The molecule has 0 saturated carbocycles. The molecule has 0 spiro atoms. The van der Waals surface area contributed by atoms with Crippen LogP contribution in [0, 0.1) is 5.82 Å². The van der Waals surface area contributed by atoms with E-state index in [9.17, 15) is 9.18 Å². The van der Waals surface area contributed by atoms with Crippen molar-refractivity contribution in [2.24, 2.45) is 5.16 Å². The van der Waals surface area contributed by atoms with Gasteiger partial charge in [0.1, 0.15) is 11.6 Å². The van der Waals surface area contributed by atoms with E-state index >= 15 is 0 Å². The molecule has 0 fully saturated rings. The van der Waals surface area contributed by atoms with Crippen molar-refractivity contribution in [1.82, 2.24) is 4.90 Å². The first-order valence-electron chi connectivity index (χ1n) is 9.57. The van der Waals surface area contributed by atoms with Crippen LogP contribution < -0.4 is 4.74 Å². The van der Waals surface area contributed by atoms with Gasteiger partial charge in [-0.2, -0.15) is 0 Å². The molecule has 2 aromatic carbocycles. The van der Waals surface area contributed by atoms with Gasteiger partial charge in [-0.25, -0.2) is 4.39 Å². The lowest BCUT2D eigenvalue weighted by Crippen LogP contribution is -2.37. The summed E-state index contributed by atoms with van der Waals surface area (Å²) in [4.78, 5) is 20.2. The van der Waals surface area contributed by atoms with E-state index in [0.717, 1.165) is 11.3 Å². The molecule has 6 nitrogen and oxygen atoms in total. The molecule has 154 valence electrons. The summed E-state index contributed by atoms with van der Waals surface area (Å²) >= 11 is 0. The van der Waals surface area contributed by atoms with E-state index in [1.165, 1.54) is 18.4 Å². The van der Waals surface area contributed by atoms with Gasteiger partial charge in [0.15, 0.2) is 11.9 Å². The molecule has 0 unspecified atom stereocenters. The quantitative estimate of drug-likeness (QED) is 0.586. The first kappa shape index (κ1) is 19.7. The largest absolute Gasteiger partial charge is 0.496 e. The van der Waals surface area contributed by atoms with Gasteiger partial charge in [-0.15, -0.1) is 0 Å². The van der Waals surface area contributed by atoms with E-state index in [0.29, 0.717) is 17.7 Å². The highest BCUT2D eigenvalue weighted by atomic mass is 19.1. The van der Waals surface area contributed by atoms with Gasteiger partial charge >= 0.3 is 0 Å². The van der Waals surface area contributed by atoms with E-state index < -0.39 is 0 Å². The number of amides is 1. The van der Waals surface area contributed by atoms with Crippen molar-refractivity contribution < 1.29 is 23.2 Å². The van der Waals surface area contributed by atoms with E-state index in [-0.39, 0.29) is 36.7 Å². The molecular weight excluding hydrogens is 387 g/mol. The normalized spacial score (nSPS) is 15.4. The maximum absolute atomic E-state index is 13.6. The lowest BCUT2D eigenvalue weighted by Gasteiger charge is -2.24. The van der Waals surface area contributed by atoms with Crippen LogP contribution in [0.5, 0.6) is 5.75 Å². The molecule has 3 aromatic rings. The molecule has 1 aliphatic heterocycles. The molecule has 30 heavy (non-hydrogen) atoms. The molecule has 1 aromatic heterocycles. The fourth-order valence-electron chi connectivity index (χ4n) is 3.45. The van der Waals surface area contributed by atoms with Crippen LogP contribution in [-0.4, -0.2) is 36.3 Å². The second-order valence-corrected chi connectivity index (χ2v) is 6.96. The van der Waals surface area contributed by atoms with E-state index in [2.05, 4.69) is 5.16 Å². The minimum Gasteiger partial charge on any atom is -0.496 e. The van der Waals surface area contributed by atoms with Gasteiger partial charge in [0.2, 0.25) is 0 Å². The second-order valence-electron chi connectivity index (χ2n) is 6.96.